The topological polar surface area (TPSA) is 135 Å². The number of alkyl carbamates (subject to hydrolysis) is 1. The maximum atomic E-state index is 11.9. The molecule has 0 aliphatic carbocycles. The number of carbonyl (C=O) groups is 2. The number of hydrogen-bond acceptors (Lipinski definition) is 8. The summed E-state index contributed by atoms with van der Waals surface area (Å²) in [4.78, 5) is 24.3. The molecular formula is C14H17N3O7S. The van der Waals surface area contributed by atoms with Crippen LogP contribution in [0.2, 0.25) is 0 Å². The largest absolute Gasteiger partial charge is 0.453 e. The lowest BCUT2D eigenvalue weighted by molar-refractivity contribution is 0.107. The molecule has 2 amide bonds. The van der Waals surface area contributed by atoms with Crippen LogP contribution in [0.3, 0.4) is 0 Å². The van der Waals surface area contributed by atoms with Crippen LogP contribution in [0.4, 0.5) is 15.3 Å². The van der Waals surface area contributed by atoms with E-state index in [1.54, 1.807) is 24.3 Å². The number of carbonyl (C=O) groups excluding carboxylic acids is 2. The van der Waals surface area contributed by atoms with Crippen molar-refractivity contribution in [2.75, 3.05) is 31.4 Å². The molecular weight excluding hydrogens is 354 g/mol. The first-order valence-electron chi connectivity index (χ1n) is 7.06. The van der Waals surface area contributed by atoms with Crippen LogP contribution in [-0.4, -0.2) is 59.1 Å². The molecule has 2 N–H and O–H groups in total. The van der Waals surface area contributed by atoms with Crippen LogP contribution < -0.4 is 10.2 Å². The van der Waals surface area contributed by atoms with E-state index in [1.807, 2.05) is 0 Å². The van der Waals surface area contributed by atoms with Gasteiger partial charge in [-0.2, -0.15) is 8.42 Å². The molecule has 0 spiro atoms. The smallest absolute Gasteiger partial charge is 0.414 e. The van der Waals surface area contributed by atoms with Crippen molar-refractivity contribution in [1.82, 2.24) is 5.32 Å². The highest BCUT2D eigenvalue weighted by Gasteiger charge is 2.33. The summed E-state index contributed by atoms with van der Waals surface area (Å²) in [5, 5.41) is 9.96. The summed E-state index contributed by atoms with van der Waals surface area (Å²) >= 11 is 0. The summed E-state index contributed by atoms with van der Waals surface area (Å²) in [5.74, 6) is -0.151. The lowest BCUT2D eigenvalue weighted by Gasteiger charge is -2.14. The molecule has 1 unspecified atom stereocenters. The van der Waals surface area contributed by atoms with Gasteiger partial charge < -0.3 is 9.47 Å². The number of cyclic esters (lactones) is 1. The zero-order chi connectivity index (χ0) is 18.6. The molecule has 1 aliphatic rings. The van der Waals surface area contributed by atoms with Gasteiger partial charge in [0.15, 0.2) is 0 Å². The molecule has 25 heavy (non-hydrogen) atoms. The lowest BCUT2D eigenvalue weighted by Crippen LogP contribution is -2.30. The second kappa shape index (κ2) is 7.49. The van der Waals surface area contributed by atoms with Crippen molar-refractivity contribution in [3.05, 3.63) is 29.8 Å². The predicted octanol–water partition coefficient (Wildman–Crippen LogP) is 0.669. The molecule has 0 saturated carbocycles. The van der Waals surface area contributed by atoms with Gasteiger partial charge in [-0.3, -0.25) is 19.8 Å². The highest BCUT2D eigenvalue weighted by atomic mass is 32.2. The predicted molar refractivity (Wildman–Crippen MR) is 87.2 cm³/mol. The van der Waals surface area contributed by atoms with Crippen molar-refractivity contribution in [3.63, 3.8) is 0 Å². The van der Waals surface area contributed by atoms with Gasteiger partial charge in [-0.1, -0.05) is 0 Å². The van der Waals surface area contributed by atoms with E-state index in [4.69, 9.17) is 10.1 Å². The van der Waals surface area contributed by atoms with Gasteiger partial charge in [-0.05, 0) is 24.3 Å². The number of amides is 2. The SMILES string of the molecule is COC(=O)NC(=N)c1ccc(N2CC(COS(C)(=O)=O)OC2=O)cc1. The number of rotatable bonds is 5. The molecule has 1 atom stereocenters. The minimum atomic E-state index is -3.62. The molecule has 0 bridgehead atoms. The van der Waals surface area contributed by atoms with E-state index in [1.165, 1.54) is 12.0 Å². The zero-order valence-corrected chi connectivity index (χ0v) is 14.3. The fourth-order valence-corrected chi connectivity index (χ4v) is 2.45. The van der Waals surface area contributed by atoms with E-state index in [0.29, 0.717) is 11.3 Å². The molecule has 1 aromatic carbocycles. The summed E-state index contributed by atoms with van der Waals surface area (Å²) in [7, 11) is -2.43. The summed E-state index contributed by atoms with van der Waals surface area (Å²) < 4.78 is 36.1. The van der Waals surface area contributed by atoms with Crippen molar-refractivity contribution in [2.45, 2.75) is 6.10 Å². The van der Waals surface area contributed by atoms with Gasteiger partial charge >= 0.3 is 12.2 Å². The van der Waals surface area contributed by atoms with Crippen LogP contribution in [0.1, 0.15) is 5.56 Å². The van der Waals surface area contributed by atoms with Crippen LogP contribution in [-0.2, 0) is 23.8 Å². The number of benzene rings is 1. The number of anilines is 1. The Hall–Kier alpha value is -2.66. The molecule has 10 nitrogen and oxygen atoms in total. The summed E-state index contributed by atoms with van der Waals surface area (Å²) in [6, 6.07) is 6.23. The maximum Gasteiger partial charge on any atom is 0.414 e. The summed E-state index contributed by atoms with van der Waals surface area (Å²) in [6.45, 7) is -0.127. The van der Waals surface area contributed by atoms with E-state index < -0.39 is 28.4 Å². The minimum absolute atomic E-state index is 0.131. The fourth-order valence-electron chi connectivity index (χ4n) is 2.05. The third-order valence-electron chi connectivity index (χ3n) is 3.22. The van der Waals surface area contributed by atoms with Crippen molar-refractivity contribution in [1.29, 1.82) is 5.41 Å². The van der Waals surface area contributed by atoms with E-state index >= 15 is 0 Å². The Bertz CT molecular complexity index is 776. The van der Waals surface area contributed by atoms with Gasteiger partial charge in [0.2, 0.25) is 0 Å². The summed E-state index contributed by atoms with van der Waals surface area (Å²) in [5.41, 5.74) is 0.917. The number of ether oxygens (including phenoxy) is 2. The molecule has 1 heterocycles. The van der Waals surface area contributed by atoms with Gasteiger partial charge in [0.25, 0.3) is 10.1 Å². The molecule has 0 aromatic heterocycles. The third-order valence-corrected chi connectivity index (χ3v) is 3.79. The second-order valence-corrected chi connectivity index (χ2v) is 6.79. The highest BCUT2D eigenvalue weighted by Crippen LogP contribution is 2.22. The Labute approximate surface area is 144 Å². The Morgan fingerprint density at radius 1 is 1.40 bits per heavy atom. The third kappa shape index (κ3) is 5.16. The van der Waals surface area contributed by atoms with Crippen molar-refractivity contribution >= 4 is 33.8 Å². The monoisotopic (exact) mass is 371 g/mol. The fraction of sp³-hybridized carbons (Fsp3) is 0.357. The van der Waals surface area contributed by atoms with Crippen molar-refractivity contribution in [2.24, 2.45) is 0 Å². The van der Waals surface area contributed by atoms with Crippen LogP contribution in [0, 0.1) is 5.41 Å². The Kier molecular flexibility index (Phi) is 5.59. The van der Waals surface area contributed by atoms with E-state index in [2.05, 4.69) is 14.2 Å². The average molecular weight is 371 g/mol. The molecule has 1 saturated heterocycles. The van der Waals surface area contributed by atoms with Crippen LogP contribution in [0.15, 0.2) is 24.3 Å². The molecule has 136 valence electrons. The van der Waals surface area contributed by atoms with Crippen molar-refractivity contribution in [3.8, 4) is 0 Å². The molecule has 11 heteroatoms. The van der Waals surface area contributed by atoms with Crippen LogP contribution >= 0.6 is 0 Å². The number of amidine groups is 1. The van der Waals surface area contributed by atoms with Gasteiger partial charge in [0, 0.05) is 11.3 Å². The maximum absolute atomic E-state index is 11.9. The van der Waals surface area contributed by atoms with Gasteiger partial charge in [-0.15, -0.1) is 0 Å². The van der Waals surface area contributed by atoms with Crippen molar-refractivity contribution < 1.29 is 31.7 Å². The van der Waals surface area contributed by atoms with E-state index in [-0.39, 0.29) is 19.0 Å². The highest BCUT2D eigenvalue weighted by molar-refractivity contribution is 7.85. The first-order chi connectivity index (χ1) is 11.7. The number of nitrogens with one attached hydrogen (secondary N) is 2. The molecule has 2 rings (SSSR count). The van der Waals surface area contributed by atoms with Gasteiger partial charge in [-0.25, -0.2) is 9.59 Å². The summed E-state index contributed by atoms with van der Waals surface area (Å²) in [6.07, 6.45) is -1.18. The Morgan fingerprint density at radius 2 is 2.04 bits per heavy atom. The van der Waals surface area contributed by atoms with Gasteiger partial charge in [0.05, 0.1) is 19.9 Å². The quantitative estimate of drug-likeness (QED) is 0.441. The number of methoxy groups -OCH3 is 1. The normalized spacial score (nSPS) is 17.1. The average Bonchev–Trinajstić information content (AvgIpc) is 2.93. The molecule has 1 fully saturated rings. The molecule has 1 aromatic rings. The first kappa shape index (κ1) is 18.7. The molecule has 1 aliphatic heterocycles. The first-order valence-corrected chi connectivity index (χ1v) is 8.88. The van der Waals surface area contributed by atoms with Crippen LogP contribution in [0.25, 0.3) is 0 Å². The minimum Gasteiger partial charge on any atom is -0.453 e. The number of hydrogen-bond donors (Lipinski definition) is 2. The number of nitrogens with zero attached hydrogens (tertiary/aromatic N) is 1. The van der Waals surface area contributed by atoms with Crippen LogP contribution in [0.5, 0.6) is 0 Å². The second-order valence-electron chi connectivity index (χ2n) is 5.14. The Balaban J connectivity index is 2.01. The Morgan fingerprint density at radius 3 is 2.60 bits per heavy atom. The molecule has 0 radical (unpaired) electrons. The zero-order valence-electron chi connectivity index (χ0n) is 13.5. The van der Waals surface area contributed by atoms with E-state index in [9.17, 15) is 18.0 Å². The lowest BCUT2D eigenvalue weighted by atomic mass is 10.1. The van der Waals surface area contributed by atoms with E-state index in [0.717, 1.165) is 6.26 Å². The standard InChI is InChI=1S/C14H17N3O7S/c1-22-13(18)16-12(15)9-3-5-10(6-4-9)17-7-11(24-14(17)19)8-23-25(2,20)21/h3-6,11H,7-8H2,1-2H3,(H2,15,16,18). The van der Waals surface area contributed by atoms with Gasteiger partial charge in [0.1, 0.15) is 18.5 Å².